The summed E-state index contributed by atoms with van der Waals surface area (Å²) < 4.78 is 28.3. The van der Waals surface area contributed by atoms with Crippen LogP contribution in [0.3, 0.4) is 0 Å². The Hall–Kier alpha value is -0.540. The van der Waals surface area contributed by atoms with Crippen LogP contribution < -0.4 is 10.5 Å². The largest absolute Gasteiger partial charge is 0.320 e. The minimum atomic E-state index is -3.32. The highest BCUT2D eigenvalue weighted by molar-refractivity contribution is 14.2. The van der Waals surface area contributed by atoms with Crippen LogP contribution in [0.25, 0.3) is 0 Å². The van der Waals surface area contributed by atoms with Gasteiger partial charge < -0.3 is 5.73 Å². The fourth-order valence-electron chi connectivity index (χ4n) is 1.58. The van der Waals surface area contributed by atoms with E-state index in [1.54, 1.807) is 27.3 Å². The molecule has 19 heavy (non-hydrogen) atoms. The molecule has 3 N–H and O–H groups in total. The third-order valence-electron chi connectivity index (χ3n) is 2.48. The average Bonchev–Trinajstić information content (AvgIpc) is 2.27. The first kappa shape index (κ1) is 16.5. The highest BCUT2D eigenvalue weighted by Gasteiger charge is 2.23. The van der Waals surface area contributed by atoms with E-state index in [-0.39, 0.29) is 10.8 Å². The molecule has 0 radical (unpaired) electrons. The lowest BCUT2D eigenvalue weighted by Crippen LogP contribution is -2.44. The van der Waals surface area contributed by atoms with Crippen molar-refractivity contribution in [3.63, 3.8) is 0 Å². The second-order valence-corrected chi connectivity index (χ2v) is 10.5. The van der Waals surface area contributed by atoms with Gasteiger partial charge in [-0.1, -0.05) is 26.0 Å². The van der Waals surface area contributed by atoms with Gasteiger partial charge in [0.2, 0.25) is 5.91 Å². The smallest absolute Gasteiger partial charge is 0.247 e. The predicted molar refractivity (Wildman–Crippen MR) is 83.8 cm³/mol. The Morgan fingerprint density at radius 2 is 2.05 bits per heavy atom. The summed E-state index contributed by atoms with van der Waals surface area (Å²) >= 11 is 1.58. The van der Waals surface area contributed by atoms with E-state index in [0.29, 0.717) is 6.42 Å². The van der Waals surface area contributed by atoms with Crippen molar-refractivity contribution in [3.05, 3.63) is 30.1 Å². The number of carbonyl (C=O) groups is 1. The minimum absolute atomic E-state index is 0.000645. The van der Waals surface area contributed by atoms with Crippen LogP contribution in [0.4, 0.5) is 4.39 Å². The van der Waals surface area contributed by atoms with Crippen LogP contribution in [0.2, 0.25) is 0 Å². The maximum Gasteiger partial charge on any atom is 0.247 e. The number of halogens is 2. The standard InChI is InChI=1S/C12H18FIN2O2S/c1-8(2)7-10(15)12(17)16-19(14,18)11-6-4-3-5-9(11)13/h3-6,8,10,19H,7,15H2,1-2H3,(H,16,17,18)/t10-/m0/s1. The van der Waals surface area contributed by atoms with Gasteiger partial charge in [0.25, 0.3) is 0 Å². The van der Waals surface area contributed by atoms with Gasteiger partial charge in [-0.25, -0.2) is 4.39 Å². The summed E-state index contributed by atoms with van der Waals surface area (Å²) in [4.78, 5) is 11.8. The number of rotatable bonds is 5. The van der Waals surface area contributed by atoms with Crippen LogP contribution in [0.1, 0.15) is 20.3 Å². The van der Waals surface area contributed by atoms with Crippen molar-refractivity contribution in [2.24, 2.45) is 11.7 Å². The van der Waals surface area contributed by atoms with Gasteiger partial charge in [-0.3, -0.25) is 13.7 Å². The lowest BCUT2D eigenvalue weighted by atomic mass is 10.0. The number of amides is 1. The van der Waals surface area contributed by atoms with Gasteiger partial charge in [-0.05, 0) is 24.5 Å². The first-order valence-corrected chi connectivity index (χ1v) is 10.4. The molecule has 0 heterocycles. The molecule has 0 spiro atoms. The Bertz CT molecular complexity index is 510. The zero-order valence-electron chi connectivity index (χ0n) is 10.8. The van der Waals surface area contributed by atoms with E-state index in [0.717, 1.165) is 0 Å². The maximum absolute atomic E-state index is 13.6. The third-order valence-corrected chi connectivity index (χ3v) is 6.25. The highest BCUT2D eigenvalue weighted by atomic mass is 127. The highest BCUT2D eigenvalue weighted by Crippen LogP contribution is 2.26. The summed E-state index contributed by atoms with van der Waals surface area (Å²) in [5, 5.41) is 0. The summed E-state index contributed by atoms with van der Waals surface area (Å²) in [6, 6.07) is 4.94. The number of thiol groups is 1. The SMILES string of the molecule is CC(C)C[C@H](N)C(=O)N[SH](=O)(I)c1ccccc1F. The summed E-state index contributed by atoms with van der Waals surface area (Å²) in [5.74, 6) is -0.865. The van der Waals surface area contributed by atoms with E-state index in [9.17, 15) is 13.4 Å². The molecule has 1 aromatic carbocycles. The number of nitrogens with two attached hydrogens (primary N) is 1. The number of hydrogen-bond acceptors (Lipinski definition) is 3. The molecule has 1 aromatic rings. The summed E-state index contributed by atoms with van der Waals surface area (Å²) in [7, 11) is -3.32. The molecule has 7 heteroatoms. The van der Waals surface area contributed by atoms with Gasteiger partial charge in [0.1, 0.15) is 5.82 Å². The minimum Gasteiger partial charge on any atom is -0.320 e. The van der Waals surface area contributed by atoms with Gasteiger partial charge in [-0.15, -0.1) is 0 Å². The van der Waals surface area contributed by atoms with Gasteiger partial charge in [0, 0.05) is 28.5 Å². The number of hydrogen-bond donors (Lipinski definition) is 3. The van der Waals surface area contributed by atoms with Gasteiger partial charge in [0.05, 0.1) is 10.9 Å². The van der Waals surface area contributed by atoms with Crippen molar-refractivity contribution in [3.8, 4) is 0 Å². The monoisotopic (exact) mass is 400 g/mol. The molecule has 0 saturated carbocycles. The number of nitrogens with one attached hydrogen (secondary N) is 1. The molecule has 1 atom stereocenters. The van der Waals surface area contributed by atoms with E-state index in [2.05, 4.69) is 4.72 Å². The lowest BCUT2D eigenvalue weighted by molar-refractivity contribution is -0.120. The van der Waals surface area contributed by atoms with Crippen molar-refractivity contribution < 1.29 is 13.4 Å². The van der Waals surface area contributed by atoms with Crippen LogP contribution in [0, 0.1) is 11.7 Å². The summed E-state index contributed by atoms with van der Waals surface area (Å²) in [6.45, 7) is 3.88. The third kappa shape index (κ3) is 4.81. The molecule has 0 fully saturated rings. The molecule has 0 aliphatic rings. The normalized spacial score (nSPS) is 14.2. The van der Waals surface area contributed by atoms with Crippen LogP contribution in [0.15, 0.2) is 29.2 Å². The van der Waals surface area contributed by atoms with E-state index in [4.69, 9.17) is 5.73 Å². The quantitative estimate of drug-likeness (QED) is 0.402. The molecule has 4 nitrogen and oxygen atoms in total. The predicted octanol–water partition coefficient (Wildman–Crippen LogP) is 1.96. The molecular weight excluding hydrogens is 382 g/mol. The maximum atomic E-state index is 13.6. The molecule has 0 unspecified atom stereocenters. The lowest BCUT2D eigenvalue weighted by Gasteiger charge is -2.22. The summed E-state index contributed by atoms with van der Waals surface area (Å²) in [6.07, 6.45) is 0.486. The number of benzene rings is 1. The van der Waals surface area contributed by atoms with E-state index >= 15 is 0 Å². The topological polar surface area (TPSA) is 72.2 Å². The Morgan fingerprint density at radius 3 is 2.58 bits per heavy atom. The second-order valence-electron chi connectivity index (χ2n) is 4.70. The Labute approximate surface area is 125 Å². The molecule has 1 amide bonds. The molecule has 0 aliphatic carbocycles. The molecule has 0 aromatic heterocycles. The first-order chi connectivity index (χ1) is 8.74. The van der Waals surface area contributed by atoms with E-state index < -0.39 is 25.1 Å². The van der Waals surface area contributed by atoms with Gasteiger partial charge >= 0.3 is 0 Å². The molecule has 0 bridgehead atoms. The van der Waals surface area contributed by atoms with E-state index in [1.165, 1.54) is 18.2 Å². The van der Waals surface area contributed by atoms with Crippen molar-refractivity contribution in [2.75, 3.05) is 0 Å². The van der Waals surface area contributed by atoms with E-state index in [1.807, 2.05) is 13.8 Å². The van der Waals surface area contributed by atoms with Crippen molar-refractivity contribution >= 4 is 34.4 Å². The average molecular weight is 400 g/mol. The number of carbonyl (C=O) groups excluding carboxylic acids is 1. The van der Waals surface area contributed by atoms with Crippen LogP contribution in [-0.2, 0) is 12.1 Å². The second kappa shape index (κ2) is 6.76. The van der Waals surface area contributed by atoms with Crippen molar-refractivity contribution in [1.82, 2.24) is 4.72 Å². The van der Waals surface area contributed by atoms with Crippen LogP contribution >= 0.6 is 21.2 Å². The molecule has 108 valence electrons. The van der Waals surface area contributed by atoms with Gasteiger partial charge in [0.15, 0.2) is 0 Å². The fourth-order valence-corrected chi connectivity index (χ4v) is 4.67. The van der Waals surface area contributed by atoms with Crippen molar-refractivity contribution in [2.45, 2.75) is 31.2 Å². The van der Waals surface area contributed by atoms with Gasteiger partial charge in [-0.2, -0.15) is 0 Å². The van der Waals surface area contributed by atoms with Crippen molar-refractivity contribution in [1.29, 1.82) is 0 Å². The van der Waals surface area contributed by atoms with Crippen LogP contribution in [-0.4, -0.2) is 16.2 Å². The van der Waals surface area contributed by atoms with Crippen LogP contribution in [0.5, 0.6) is 0 Å². The first-order valence-electron chi connectivity index (χ1n) is 5.86. The Kier molecular flexibility index (Phi) is 5.87. The molecule has 0 saturated heterocycles. The Balaban J connectivity index is 2.83. The summed E-state index contributed by atoms with van der Waals surface area (Å²) in [5.41, 5.74) is 5.71. The zero-order valence-corrected chi connectivity index (χ0v) is 13.8. The zero-order chi connectivity index (χ0) is 14.6. The Morgan fingerprint density at radius 1 is 1.47 bits per heavy atom. The molecule has 1 rings (SSSR count). The molecule has 0 aliphatic heterocycles. The molecular formula is C12H18FIN2O2S. The fraction of sp³-hybridized carbons (Fsp3) is 0.417.